The summed E-state index contributed by atoms with van der Waals surface area (Å²) >= 11 is 0. The second-order valence-corrected chi connectivity index (χ2v) is 8.96. The third kappa shape index (κ3) is 2.54. The van der Waals surface area contributed by atoms with Crippen molar-refractivity contribution < 1.29 is 5.11 Å². The predicted octanol–water partition coefficient (Wildman–Crippen LogP) is 6.28. The largest absolute Gasteiger partial charge is 0.393 e. The quantitative estimate of drug-likeness (QED) is 0.518. The fraction of sp³-hybridized carbons (Fsp3) is 0.826. The number of aliphatic hydroxyl groups is 1. The Bertz CT molecular complexity index is 530. The smallest absolute Gasteiger partial charge is 0.0577 e. The van der Waals surface area contributed by atoms with Gasteiger partial charge in [0.25, 0.3) is 0 Å². The van der Waals surface area contributed by atoms with Gasteiger partial charge in [-0.1, -0.05) is 51.0 Å². The van der Waals surface area contributed by atoms with Gasteiger partial charge in [-0.25, -0.2) is 0 Å². The molecule has 0 spiro atoms. The SMILES string of the molecule is C/C=C1/CCC2C3CC=C4CC(O)CCC4(C)C3CCC12C.CC. The Labute approximate surface area is 149 Å². The van der Waals surface area contributed by atoms with Gasteiger partial charge in [0.05, 0.1) is 6.10 Å². The second-order valence-electron chi connectivity index (χ2n) is 8.96. The highest BCUT2D eigenvalue weighted by Gasteiger charge is 2.56. The lowest BCUT2D eigenvalue weighted by Gasteiger charge is -2.57. The summed E-state index contributed by atoms with van der Waals surface area (Å²) < 4.78 is 0. The molecule has 1 N–H and O–H groups in total. The monoisotopic (exact) mass is 330 g/mol. The molecule has 4 aliphatic rings. The van der Waals surface area contributed by atoms with Crippen molar-refractivity contribution >= 4 is 0 Å². The van der Waals surface area contributed by atoms with Gasteiger partial charge in [-0.15, -0.1) is 0 Å². The number of aliphatic hydroxyl groups excluding tert-OH is 1. The van der Waals surface area contributed by atoms with Crippen LogP contribution in [0, 0.1) is 28.6 Å². The Hall–Kier alpha value is -0.560. The number of hydrogen-bond acceptors (Lipinski definition) is 1. The fourth-order valence-electron chi connectivity index (χ4n) is 6.96. The molecule has 3 fully saturated rings. The first-order valence-corrected chi connectivity index (χ1v) is 10.5. The van der Waals surface area contributed by atoms with Crippen LogP contribution in [0.1, 0.15) is 86.0 Å². The zero-order valence-electron chi connectivity index (χ0n) is 16.6. The molecule has 0 radical (unpaired) electrons. The molecular formula is C23H38O. The molecule has 1 heteroatoms. The third-order valence-corrected chi connectivity index (χ3v) is 8.27. The van der Waals surface area contributed by atoms with Crippen molar-refractivity contribution in [2.24, 2.45) is 28.6 Å². The van der Waals surface area contributed by atoms with Gasteiger partial charge in [-0.2, -0.15) is 0 Å². The van der Waals surface area contributed by atoms with Crippen LogP contribution in [0.25, 0.3) is 0 Å². The van der Waals surface area contributed by atoms with E-state index in [1.807, 2.05) is 13.8 Å². The van der Waals surface area contributed by atoms with Crippen molar-refractivity contribution in [3.05, 3.63) is 23.3 Å². The van der Waals surface area contributed by atoms with E-state index in [0.29, 0.717) is 10.8 Å². The van der Waals surface area contributed by atoms with Gasteiger partial charge in [-0.3, -0.25) is 0 Å². The maximum absolute atomic E-state index is 10.1. The van der Waals surface area contributed by atoms with Crippen LogP contribution in [-0.2, 0) is 0 Å². The Morgan fingerprint density at radius 2 is 1.71 bits per heavy atom. The van der Waals surface area contributed by atoms with E-state index < -0.39 is 0 Å². The molecule has 4 aliphatic carbocycles. The van der Waals surface area contributed by atoms with E-state index in [2.05, 4.69) is 32.9 Å². The van der Waals surface area contributed by atoms with Gasteiger partial charge in [0.15, 0.2) is 0 Å². The molecule has 6 unspecified atom stereocenters. The summed E-state index contributed by atoms with van der Waals surface area (Å²) in [7, 11) is 0. The summed E-state index contributed by atoms with van der Waals surface area (Å²) in [4.78, 5) is 0. The highest BCUT2D eigenvalue weighted by Crippen LogP contribution is 2.66. The Balaban J connectivity index is 0.000000815. The van der Waals surface area contributed by atoms with E-state index in [1.165, 1.54) is 38.5 Å². The van der Waals surface area contributed by atoms with Crippen LogP contribution in [0.4, 0.5) is 0 Å². The molecule has 136 valence electrons. The van der Waals surface area contributed by atoms with Crippen molar-refractivity contribution in [2.75, 3.05) is 0 Å². The molecule has 0 heterocycles. The molecule has 24 heavy (non-hydrogen) atoms. The maximum atomic E-state index is 10.1. The topological polar surface area (TPSA) is 20.2 Å². The number of allylic oxidation sites excluding steroid dienone is 3. The summed E-state index contributed by atoms with van der Waals surface area (Å²) in [5.41, 5.74) is 4.23. The van der Waals surface area contributed by atoms with Crippen LogP contribution in [0.5, 0.6) is 0 Å². The summed E-state index contributed by atoms with van der Waals surface area (Å²) in [6.07, 6.45) is 14.9. The summed E-state index contributed by atoms with van der Waals surface area (Å²) in [5, 5.41) is 10.1. The minimum Gasteiger partial charge on any atom is -0.393 e. The predicted molar refractivity (Wildman–Crippen MR) is 103 cm³/mol. The van der Waals surface area contributed by atoms with E-state index in [9.17, 15) is 5.11 Å². The van der Waals surface area contributed by atoms with E-state index in [-0.39, 0.29) is 6.10 Å². The zero-order chi connectivity index (χ0) is 17.5. The number of fused-ring (bicyclic) bond motifs is 5. The average Bonchev–Trinajstić information content (AvgIpc) is 2.93. The van der Waals surface area contributed by atoms with Gasteiger partial charge < -0.3 is 5.11 Å². The molecule has 0 amide bonds. The molecule has 0 bridgehead atoms. The van der Waals surface area contributed by atoms with Gasteiger partial charge in [-0.05, 0) is 86.9 Å². The standard InChI is InChI=1S/C21H32O.C2H6/c1-4-14-6-8-18-17-7-5-15-13-16(22)9-11-21(15,3)19(17)10-12-20(14,18)2;1-2/h4-5,16-19,22H,6-13H2,1-3H3;1-2H3/b14-4-;. The lowest BCUT2D eigenvalue weighted by Crippen LogP contribution is -2.49. The second kappa shape index (κ2) is 6.63. The van der Waals surface area contributed by atoms with Gasteiger partial charge >= 0.3 is 0 Å². The molecule has 3 saturated carbocycles. The van der Waals surface area contributed by atoms with Crippen molar-refractivity contribution in [3.63, 3.8) is 0 Å². The average molecular weight is 331 g/mol. The van der Waals surface area contributed by atoms with Crippen LogP contribution >= 0.6 is 0 Å². The van der Waals surface area contributed by atoms with Crippen LogP contribution in [-0.4, -0.2) is 11.2 Å². The molecule has 0 saturated heterocycles. The summed E-state index contributed by atoms with van der Waals surface area (Å²) in [6, 6.07) is 0. The van der Waals surface area contributed by atoms with Crippen molar-refractivity contribution in [1.82, 2.24) is 0 Å². The first-order chi connectivity index (χ1) is 11.5. The molecule has 0 aromatic carbocycles. The minimum absolute atomic E-state index is 0.0779. The van der Waals surface area contributed by atoms with Crippen LogP contribution in [0.2, 0.25) is 0 Å². The van der Waals surface area contributed by atoms with E-state index in [1.54, 1.807) is 11.1 Å². The van der Waals surface area contributed by atoms with Crippen molar-refractivity contribution in [3.8, 4) is 0 Å². The fourth-order valence-corrected chi connectivity index (χ4v) is 6.96. The lowest BCUT2D eigenvalue weighted by molar-refractivity contribution is -0.0268. The van der Waals surface area contributed by atoms with Crippen LogP contribution < -0.4 is 0 Å². The summed E-state index contributed by atoms with van der Waals surface area (Å²) in [6.45, 7) is 11.3. The van der Waals surface area contributed by atoms with Crippen LogP contribution in [0.15, 0.2) is 23.3 Å². The normalized spacial score (nSPS) is 48.6. The van der Waals surface area contributed by atoms with Crippen LogP contribution in [0.3, 0.4) is 0 Å². The van der Waals surface area contributed by atoms with Gasteiger partial charge in [0.2, 0.25) is 0 Å². The van der Waals surface area contributed by atoms with Gasteiger partial charge in [0.1, 0.15) is 0 Å². The van der Waals surface area contributed by atoms with E-state index >= 15 is 0 Å². The van der Waals surface area contributed by atoms with E-state index in [0.717, 1.165) is 30.6 Å². The van der Waals surface area contributed by atoms with Gasteiger partial charge in [0, 0.05) is 0 Å². The lowest BCUT2D eigenvalue weighted by atomic mass is 9.48. The maximum Gasteiger partial charge on any atom is 0.0577 e. The molecule has 0 aromatic heterocycles. The van der Waals surface area contributed by atoms with Crippen molar-refractivity contribution in [2.45, 2.75) is 92.1 Å². The zero-order valence-corrected chi connectivity index (χ0v) is 16.6. The number of hydrogen-bond donors (Lipinski definition) is 1. The first-order valence-electron chi connectivity index (χ1n) is 10.5. The molecule has 6 atom stereocenters. The third-order valence-electron chi connectivity index (χ3n) is 8.27. The Morgan fingerprint density at radius 3 is 2.42 bits per heavy atom. The molecule has 4 rings (SSSR count). The minimum atomic E-state index is -0.0779. The highest BCUT2D eigenvalue weighted by molar-refractivity contribution is 5.29. The highest BCUT2D eigenvalue weighted by atomic mass is 16.3. The van der Waals surface area contributed by atoms with Crippen molar-refractivity contribution in [1.29, 1.82) is 0 Å². The summed E-state index contributed by atoms with van der Waals surface area (Å²) in [5.74, 6) is 2.66. The first kappa shape index (κ1) is 18.2. The molecule has 1 nitrogen and oxygen atoms in total. The molecule has 0 aromatic rings. The Kier molecular flexibility index (Phi) is 5.04. The number of rotatable bonds is 0. The molecule has 0 aliphatic heterocycles. The Morgan fingerprint density at radius 1 is 1.04 bits per heavy atom. The van der Waals surface area contributed by atoms with E-state index in [4.69, 9.17) is 0 Å². The molecular weight excluding hydrogens is 292 g/mol.